The minimum atomic E-state index is -0.440. The van der Waals surface area contributed by atoms with E-state index >= 15 is 0 Å². The van der Waals surface area contributed by atoms with E-state index in [1.165, 1.54) is 26.0 Å². The van der Waals surface area contributed by atoms with Gasteiger partial charge in [-0.15, -0.1) is 0 Å². The molecule has 1 saturated heterocycles. The van der Waals surface area contributed by atoms with Gasteiger partial charge in [-0.2, -0.15) is 5.10 Å². The molecule has 1 aliphatic heterocycles. The number of aromatic nitrogens is 5. The largest absolute Gasteiger partial charge is 0.496 e. The summed E-state index contributed by atoms with van der Waals surface area (Å²) in [5.41, 5.74) is 1.63. The molecular formula is C25H26FN7O. The highest BCUT2D eigenvalue weighted by molar-refractivity contribution is 5.68. The van der Waals surface area contributed by atoms with Gasteiger partial charge in [0.1, 0.15) is 17.4 Å². The molecule has 1 aliphatic rings. The second-order valence-electron chi connectivity index (χ2n) is 8.23. The lowest BCUT2D eigenvalue weighted by atomic mass is 10.00. The Morgan fingerprint density at radius 1 is 1.18 bits per heavy atom. The highest BCUT2D eigenvalue weighted by Gasteiger charge is 2.16. The summed E-state index contributed by atoms with van der Waals surface area (Å²) < 4.78 is 21.5. The normalized spacial score (nSPS) is 15.8. The SMILES string of the molecule is COc1cccc(F)c1-c1nccc(-c2cnn(-c3cccc(NC[C@@H]4CCCNC4)n3)c2)n1. The maximum Gasteiger partial charge on any atom is 0.166 e. The standard InChI is InChI=1S/C25H26FN7O/c1-34-21-7-2-6-19(26)24(21)25-28-12-10-20(31-25)18-15-30-33(16-18)23-9-3-8-22(32-23)29-14-17-5-4-11-27-13-17/h2-3,6-10,12,15-17,27H,4-5,11,13-14H2,1H3,(H,29,32)/t17-/m1/s1. The maximum atomic E-state index is 14.5. The fraction of sp³-hybridized carbons (Fsp3) is 0.280. The summed E-state index contributed by atoms with van der Waals surface area (Å²) in [7, 11) is 1.49. The van der Waals surface area contributed by atoms with E-state index in [1.807, 2.05) is 24.4 Å². The first kappa shape index (κ1) is 22.0. The van der Waals surface area contributed by atoms with Gasteiger partial charge in [-0.25, -0.2) is 24.0 Å². The molecule has 1 fully saturated rings. The number of nitrogens with one attached hydrogen (secondary N) is 2. The molecule has 5 rings (SSSR count). The topological polar surface area (TPSA) is 89.8 Å². The molecule has 8 nitrogen and oxygen atoms in total. The predicted octanol–water partition coefficient (Wildman–Crippen LogP) is 3.95. The van der Waals surface area contributed by atoms with E-state index in [4.69, 9.17) is 9.72 Å². The monoisotopic (exact) mass is 459 g/mol. The number of ether oxygens (including phenoxy) is 1. The van der Waals surface area contributed by atoms with Crippen molar-refractivity contribution in [1.82, 2.24) is 30.0 Å². The van der Waals surface area contributed by atoms with Crippen molar-refractivity contribution in [3.63, 3.8) is 0 Å². The van der Waals surface area contributed by atoms with Crippen molar-refractivity contribution >= 4 is 5.82 Å². The molecule has 9 heteroatoms. The molecule has 3 aromatic heterocycles. The third kappa shape index (κ3) is 4.74. The Balaban J connectivity index is 1.36. The van der Waals surface area contributed by atoms with E-state index in [1.54, 1.807) is 35.3 Å². The average Bonchev–Trinajstić information content (AvgIpc) is 3.39. The molecule has 34 heavy (non-hydrogen) atoms. The van der Waals surface area contributed by atoms with E-state index < -0.39 is 5.82 Å². The van der Waals surface area contributed by atoms with Crippen molar-refractivity contribution in [3.05, 3.63) is 66.9 Å². The summed E-state index contributed by atoms with van der Waals surface area (Å²) in [6.45, 7) is 3.03. The number of benzene rings is 1. The molecule has 4 heterocycles. The molecule has 0 saturated carbocycles. The second kappa shape index (κ2) is 9.96. The van der Waals surface area contributed by atoms with Crippen LogP contribution in [0.25, 0.3) is 28.5 Å². The van der Waals surface area contributed by atoms with Crippen molar-refractivity contribution in [2.24, 2.45) is 5.92 Å². The Labute approximate surface area is 197 Å². The second-order valence-corrected chi connectivity index (χ2v) is 8.23. The van der Waals surface area contributed by atoms with Gasteiger partial charge in [0, 0.05) is 24.5 Å². The maximum absolute atomic E-state index is 14.5. The number of anilines is 1. The Bertz CT molecular complexity index is 1270. The van der Waals surface area contributed by atoms with Crippen molar-refractivity contribution in [3.8, 4) is 34.2 Å². The van der Waals surface area contributed by atoms with Crippen LogP contribution >= 0.6 is 0 Å². The lowest BCUT2D eigenvalue weighted by Crippen LogP contribution is -2.33. The van der Waals surface area contributed by atoms with E-state index in [0.717, 1.165) is 31.0 Å². The van der Waals surface area contributed by atoms with E-state index in [-0.39, 0.29) is 11.4 Å². The number of halogens is 1. The minimum Gasteiger partial charge on any atom is -0.496 e. The molecule has 0 unspecified atom stereocenters. The van der Waals surface area contributed by atoms with Crippen LogP contribution in [0.4, 0.5) is 10.2 Å². The summed E-state index contributed by atoms with van der Waals surface area (Å²) in [6.07, 6.45) is 7.60. The smallest absolute Gasteiger partial charge is 0.166 e. The molecular weight excluding hydrogens is 433 g/mol. The zero-order chi connectivity index (χ0) is 23.3. The fourth-order valence-electron chi connectivity index (χ4n) is 4.11. The summed E-state index contributed by atoms with van der Waals surface area (Å²) >= 11 is 0. The number of hydrogen-bond donors (Lipinski definition) is 2. The van der Waals surface area contributed by atoms with Gasteiger partial charge >= 0.3 is 0 Å². The van der Waals surface area contributed by atoms with Crippen molar-refractivity contribution in [1.29, 1.82) is 0 Å². The number of piperidine rings is 1. The summed E-state index contributed by atoms with van der Waals surface area (Å²) in [4.78, 5) is 13.5. The van der Waals surface area contributed by atoms with Gasteiger partial charge in [0.15, 0.2) is 11.6 Å². The molecule has 1 atom stereocenters. The van der Waals surface area contributed by atoms with Crippen LogP contribution in [-0.2, 0) is 0 Å². The average molecular weight is 460 g/mol. The molecule has 1 aromatic carbocycles. The van der Waals surface area contributed by atoms with Gasteiger partial charge in [0.25, 0.3) is 0 Å². The van der Waals surface area contributed by atoms with Gasteiger partial charge < -0.3 is 15.4 Å². The van der Waals surface area contributed by atoms with E-state index in [9.17, 15) is 4.39 Å². The van der Waals surface area contributed by atoms with Gasteiger partial charge in [-0.3, -0.25) is 0 Å². The molecule has 4 aromatic rings. The van der Waals surface area contributed by atoms with Crippen molar-refractivity contribution in [2.45, 2.75) is 12.8 Å². The van der Waals surface area contributed by atoms with Crippen LogP contribution in [0.1, 0.15) is 12.8 Å². The Morgan fingerprint density at radius 2 is 2.09 bits per heavy atom. The quantitative estimate of drug-likeness (QED) is 0.433. The first-order chi connectivity index (χ1) is 16.7. The zero-order valence-electron chi connectivity index (χ0n) is 18.9. The van der Waals surface area contributed by atoms with Gasteiger partial charge in [0.05, 0.1) is 24.6 Å². The number of nitrogens with zero attached hydrogens (tertiary/aromatic N) is 5. The molecule has 0 bridgehead atoms. The van der Waals surface area contributed by atoms with Crippen LogP contribution in [0.3, 0.4) is 0 Å². The first-order valence-corrected chi connectivity index (χ1v) is 11.3. The van der Waals surface area contributed by atoms with E-state index in [2.05, 4.69) is 25.7 Å². The van der Waals surface area contributed by atoms with Crippen molar-refractivity contribution in [2.75, 3.05) is 32.1 Å². The van der Waals surface area contributed by atoms with Crippen LogP contribution in [-0.4, -0.2) is 51.5 Å². The molecule has 0 amide bonds. The fourth-order valence-corrected chi connectivity index (χ4v) is 4.11. The van der Waals surface area contributed by atoms with Crippen LogP contribution in [0.5, 0.6) is 5.75 Å². The number of rotatable bonds is 7. The summed E-state index contributed by atoms with van der Waals surface area (Å²) in [5.74, 6) is 2.31. The molecule has 0 radical (unpaired) electrons. The summed E-state index contributed by atoms with van der Waals surface area (Å²) in [5, 5.41) is 11.3. The minimum absolute atomic E-state index is 0.229. The summed E-state index contributed by atoms with van der Waals surface area (Å²) in [6, 6.07) is 12.2. The third-order valence-corrected chi connectivity index (χ3v) is 5.89. The highest BCUT2D eigenvalue weighted by atomic mass is 19.1. The first-order valence-electron chi connectivity index (χ1n) is 11.3. The predicted molar refractivity (Wildman–Crippen MR) is 128 cm³/mol. The number of hydrogen-bond acceptors (Lipinski definition) is 7. The number of pyridine rings is 1. The van der Waals surface area contributed by atoms with Crippen LogP contribution in [0.2, 0.25) is 0 Å². The Hall–Kier alpha value is -3.85. The third-order valence-electron chi connectivity index (χ3n) is 5.89. The van der Waals surface area contributed by atoms with E-state index in [0.29, 0.717) is 23.2 Å². The highest BCUT2D eigenvalue weighted by Crippen LogP contribution is 2.31. The molecule has 0 aliphatic carbocycles. The molecule has 174 valence electrons. The Kier molecular flexibility index (Phi) is 6.44. The van der Waals surface area contributed by atoms with Gasteiger partial charge in [-0.05, 0) is 62.2 Å². The molecule has 2 N–H and O–H groups in total. The molecule has 0 spiro atoms. The van der Waals surface area contributed by atoms with Crippen LogP contribution < -0.4 is 15.4 Å². The van der Waals surface area contributed by atoms with Crippen LogP contribution in [0, 0.1) is 11.7 Å². The number of methoxy groups -OCH3 is 1. The Morgan fingerprint density at radius 3 is 2.94 bits per heavy atom. The zero-order valence-corrected chi connectivity index (χ0v) is 18.9. The van der Waals surface area contributed by atoms with Gasteiger partial charge in [-0.1, -0.05) is 12.1 Å². The lowest BCUT2D eigenvalue weighted by Gasteiger charge is -2.23. The lowest BCUT2D eigenvalue weighted by molar-refractivity contribution is 0.392. The van der Waals surface area contributed by atoms with Gasteiger partial charge in [0.2, 0.25) is 0 Å². The van der Waals surface area contributed by atoms with Crippen molar-refractivity contribution < 1.29 is 9.13 Å². The van der Waals surface area contributed by atoms with Crippen LogP contribution in [0.15, 0.2) is 61.1 Å².